The molecule has 5 heteroatoms. The van der Waals surface area contributed by atoms with Crippen LogP contribution in [0.15, 0.2) is 0 Å². The minimum absolute atomic E-state index is 0.0343. The number of amides is 1. The van der Waals surface area contributed by atoms with Gasteiger partial charge in [-0.3, -0.25) is 4.79 Å². The molecule has 0 bridgehead atoms. The number of carboxylic acids is 1. The zero-order valence-corrected chi connectivity index (χ0v) is 11.2. The van der Waals surface area contributed by atoms with E-state index in [4.69, 9.17) is 4.74 Å². The molecule has 1 heterocycles. The summed E-state index contributed by atoms with van der Waals surface area (Å²) in [4.78, 5) is 24.8. The van der Waals surface area contributed by atoms with Gasteiger partial charge in [-0.25, -0.2) is 4.79 Å². The Morgan fingerprint density at radius 2 is 2.17 bits per heavy atom. The molecule has 0 aromatic rings. The third-order valence-electron chi connectivity index (χ3n) is 3.39. The minimum atomic E-state index is -0.889. The number of likely N-dealkylation sites (tertiary alicyclic amines) is 1. The molecule has 1 saturated heterocycles. The lowest BCUT2D eigenvalue weighted by Gasteiger charge is -2.37. The van der Waals surface area contributed by atoms with Crippen LogP contribution in [-0.4, -0.2) is 47.7 Å². The van der Waals surface area contributed by atoms with Crippen molar-refractivity contribution < 1.29 is 19.4 Å². The van der Waals surface area contributed by atoms with Crippen molar-refractivity contribution >= 4 is 11.9 Å². The molecule has 1 amide bonds. The Kier molecular flexibility index (Phi) is 6.12. The second-order valence-electron chi connectivity index (χ2n) is 4.79. The molecule has 1 fully saturated rings. The van der Waals surface area contributed by atoms with E-state index in [0.717, 1.165) is 12.8 Å². The quantitative estimate of drug-likeness (QED) is 0.732. The molecule has 2 atom stereocenters. The van der Waals surface area contributed by atoms with Crippen LogP contribution in [0.4, 0.5) is 0 Å². The van der Waals surface area contributed by atoms with Crippen molar-refractivity contribution in [2.24, 2.45) is 5.92 Å². The van der Waals surface area contributed by atoms with Gasteiger partial charge in [0.2, 0.25) is 5.91 Å². The molecule has 1 rings (SSSR count). The van der Waals surface area contributed by atoms with E-state index in [1.807, 2.05) is 13.8 Å². The van der Waals surface area contributed by atoms with Crippen LogP contribution >= 0.6 is 0 Å². The van der Waals surface area contributed by atoms with Crippen LogP contribution in [0.2, 0.25) is 0 Å². The Morgan fingerprint density at radius 1 is 1.44 bits per heavy atom. The molecule has 1 aliphatic heterocycles. The summed E-state index contributed by atoms with van der Waals surface area (Å²) < 4.78 is 5.18. The van der Waals surface area contributed by atoms with Crippen LogP contribution in [0.25, 0.3) is 0 Å². The molecular formula is C13H23NO4. The average Bonchev–Trinajstić information content (AvgIpc) is 2.33. The van der Waals surface area contributed by atoms with Gasteiger partial charge in [0.05, 0.1) is 0 Å². The first-order valence-corrected chi connectivity index (χ1v) is 6.68. The van der Waals surface area contributed by atoms with Crippen molar-refractivity contribution in [1.82, 2.24) is 4.90 Å². The zero-order valence-electron chi connectivity index (χ0n) is 11.2. The number of carbonyl (C=O) groups is 2. The molecule has 2 unspecified atom stereocenters. The SMILES string of the molecule is CCOCCCC(=O)N1CCCC(C)C1C(=O)O. The Hall–Kier alpha value is -1.10. The van der Waals surface area contributed by atoms with E-state index < -0.39 is 12.0 Å². The van der Waals surface area contributed by atoms with Crippen molar-refractivity contribution in [3.63, 3.8) is 0 Å². The fraction of sp³-hybridized carbons (Fsp3) is 0.846. The third kappa shape index (κ3) is 3.98. The molecule has 104 valence electrons. The van der Waals surface area contributed by atoms with E-state index in [0.29, 0.717) is 32.6 Å². The highest BCUT2D eigenvalue weighted by atomic mass is 16.5. The van der Waals surface area contributed by atoms with E-state index >= 15 is 0 Å². The fourth-order valence-corrected chi connectivity index (χ4v) is 2.46. The number of ether oxygens (including phenoxy) is 1. The van der Waals surface area contributed by atoms with Gasteiger partial charge in [0.1, 0.15) is 6.04 Å². The summed E-state index contributed by atoms with van der Waals surface area (Å²) in [7, 11) is 0. The summed E-state index contributed by atoms with van der Waals surface area (Å²) in [5.74, 6) is -0.916. The number of aliphatic carboxylic acids is 1. The van der Waals surface area contributed by atoms with Crippen LogP contribution < -0.4 is 0 Å². The van der Waals surface area contributed by atoms with Crippen LogP contribution in [0.3, 0.4) is 0 Å². The Bertz CT molecular complexity index is 293. The van der Waals surface area contributed by atoms with E-state index in [1.54, 1.807) is 0 Å². The van der Waals surface area contributed by atoms with E-state index in [2.05, 4.69) is 0 Å². The number of rotatable bonds is 6. The second kappa shape index (κ2) is 7.36. The predicted molar refractivity (Wildman–Crippen MR) is 67.3 cm³/mol. The highest BCUT2D eigenvalue weighted by Crippen LogP contribution is 2.24. The first-order chi connectivity index (χ1) is 8.57. The first kappa shape index (κ1) is 15.0. The topological polar surface area (TPSA) is 66.8 Å². The summed E-state index contributed by atoms with van der Waals surface area (Å²) in [5, 5.41) is 9.22. The largest absolute Gasteiger partial charge is 0.480 e. The molecule has 1 aliphatic rings. The second-order valence-corrected chi connectivity index (χ2v) is 4.79. The highest BCUT2D eigenvalue weighted by molar-refractivity contribution is 5.84. The summed E-state index contributed by atoms with van der Waals surface area (Å²) in [6, 6.07) is -0.654. The minimum Gasteiger partial charge on any atom is -0.480 e. The third-order valence-corrected chi connectivity index (χ3v) is 3.39. The van der Waals surface area contributed by atoms with Crippen molar-refractivity contribution in [1.29, 1.82) is 0 Å². The number of hydrogen-bond acceptors (Lipinski definition) is 3. The molecular weight excluding hydrogens is 234 g/mol. The average molecular weight is 257 g/mol. The Labute approximate surface area is 108 Å². The number of carboxylic acid groups (broad SMARTS) is 1. The van der Waals surface area contributed by atoms with Crippen LogP contribution in [-0.2, 0) is 14.3 Å². The van der Waals surface area contributed by atoms with Crippen molar-refractivity contribution in [2.45, 2.75) is 45.6 Å². The van der Waals surface area contributed by atoms with Gasteiger partial charge in [0.25, 0.3) is 0 Å². The van der Waals surface area contributed by atoms with Gasteiger partial charge in [-0.15, -0.1) is 0 Å². The fourth-order valence-electron chi connectivity index (χ4n) is 2.46. The maximum absolute atomic E-state index is 12.0. The van der Waals surface area contributed by atoms with Crippen LogP contribution in [0, 0.1) is 5.92 Å². The van der Waals surface area contributed by atoms with Crippen molar-refractivity contribution in [2.75, 3.05) is 19.8 Å². The molecule has 0 radical (unpaired) electrons. The number of carbonyl (C=O) groups excluding carboxylic acids is 1. The molecule has 18 heavy (non-hydrogen) atoms. The van der Waals surface area contributed by atoms with E-state index in [1.165, 1.54) is 4.90 Å². The van der Waals surface area contributed by atoms with Gasteiger partial charge < -0.3 is 14.7 Å². The standard InChI is InChI=1S/C13H23NO4/c1-3-18-9-5-7-11(15)14-8-4-6-10(2)12(14)13(16)17/h10,12H,3-9H2,1-2H3,(H,16,17). The predicted octanol–water partition coefficient (Wildman–Crippen LogP) is 1.51. The molecule has 0 spiro atoms. The van der Waals surface area contributed by atoms with Gasteiger partial charge in [0.15, 0.2) is 0 Å². The van der Waals surface area contributed by atoms with Crippen molar-refractivity contribution in [3.05, 3.63) is 0 Å². The zero-order chi connectivity index (χ0) is 13.5. The summed E-state index contributed by atoms with van der Waals surface area (Å²) in [6.07, 6.45) is 2.79. The van der Waals surface area contributed by atoms with Gasteiger partial charge in [-0.05, 0) is 32.1 Å². The molecule has 0 saturated carbocycles. The first-order valence-electron chi connectivity index (χ1n) is 6.68. The lowest BCUT2D eigenvalue weighted by Crippen LogP contribution is -2.51. The Balaban J connectivity index is 2.50. The normalized spacial score (nSPS) is 24.0. The van der Waals surface area contributed by atoms with E-state index in [9.17, 15) is 14.7 Å². The van der Waals surface area contributed by atoms with Crippen LogP contribution in [0.5, 0.6) is 0 Å². The molecule has 0 aromatic heterocycles. The molecule has 0 aromatic carbocycles. The summed E-state index contributed by atoms with van der Waals surface area (Å²) >= 11 is 0. The summed E-state index contributed by atoms with van der Waals surface area (Å²) in [6.45, 7) is 5.58. The molecule has 0 aliphatic carbocycles. The van der Waals surface area contributed by atoms with Crippen LogP contribution in [0.1, 0.15) is 39.5 Å². The van der Waals surface area contributed by atoms with Gasteiger partial charge in [-0.1, -0.05) is 6.92 Å². The Morgan fingerprint density at radius 3 is 2.78 bits per heavy atom. The molecule has 5 nitrogen and oxygen atoms in total. The number of hydrogen-bond donors (Lipinski definition) is 1. The maximum Gasteiger partial charge on any atom is 0.326 e. The maximum atomic E-state index is 12.0. The van der Waals surface area contributed by atoms with Gasteiger partial charge >= 0.3 is 5.97 Å². The monoisotopic (exact) mass is 257 g/mol. The van der Waals surface area contributed by atoms with Gasteiger partial charge in [0, 0.05) is 26.2 Å². The summed E-state index contributed by atoms with van der Waals surface area (Å²) in [5.41, 5.74) is 0. The number of piperidine rings is 1. The van der Waals surface area contributed by atoms with Gasteiger partial charge in [-0.2, -0.15) is 0 Å². The number of nitrogens with zero attached hydrogens (tertiary/aromatic N) is 1. The lowest BCUT2D eigenvalue weighted by atomic mass is 9.90. The molecule has 1 N–H and O–H groups in total. The van der Waals surface area contributed by atoms with Crippen molar-refractivity contribution in [3.8, 4) is 0 Å². The van der Waals surface area contributed by atoms with E-state index in [-0.39, 0.29) is 11.8 Å². The smallest absolute Gasteiger partial charge is 0.326 e. The lowest BCUT2D eigenvalue weighted by molar-refractivity contribution is -0.154. The highest BCUT2D eigenvalue weighted by Gasteiger charge is 2.36.